The van der Waals surface area contributed by atoms with Gasteiger partial charge in [-0.2, -0.15) is 0 Å². The predicted octanol–water partition coefficient (Wildman–Crippen LogP) is 4.14. The Morgan fingerprint density at radius 2 is 1.79 bits per heavy atom. The third kappa shape index (κ3) is 3.23. The molecule has 0 unspecified atom stereocenters. The average Bonchev–Trinajstić information content (AvgIpc) is 2.88. The summed E-state index contributed by atoms with van der Waals surface area (Å²) in [6.45, 7) is 4.41. The minimum Gasteiger partial charge on any atom is -0.493 e. The van der Waals surface area contributed by atoms with E-state index in [2.05, 4.69) is 0 Å². The molecule has 0 amide bonds. The van der Waals surface area contributed by atoms with Crippen molar-refractivity contribution in [3.8, 4) is 11.5 Å². The molecule has 1 heterocycles. The lowest BCUT2D eigenvalue weighted by Crippen LogP contribution is -2.10. The van der Waals surface area contributed by atoms with E-state index < -0.39 is 0 Å². The molecule has 4 heteroatoms. The van der Waals surface area contributed by atoms with Crippen LogP contribution in [0.5, 0.6) is 11.5 Å². The van der Waals surface area contributed by atoms with Gasteiger partial charge in [-0.1, -0.05) is 50.2 Å². The van der Waals surface area contributed by atoms with Gasteiger partial charge in [0.2, 0.25) is 0 Å². The first-order valence-corrected chi connectivity index (χ1v) is 8.15. The molecule has 0 bridgehead atoms. The molecule has 126 valence electrons. The van der Waals surface area contributed by atoms with Crippen LogP contribution in [-0.4, -0.2) is 13.1 Å². The van der Waals surface area contributed by atoms with E-state index in [4.69, 9.17) is 14.2 Å². The van der Waals surface area contributed by atoms with Crippen LogP contribution in [0, 0.1) is 11.8 Å². The van der Waals surface area contributed by atoms with Crippen molar-refractivity contribution in [3.63, 3.8) is 0 Å². The van der Waals surface area contributed by atoms with E-state index in [1.165, 1.54) is 0 Å². The highest BCUT2D eigenvalue weighted by Crippen LogP contribution is 2.41. The van der Waals surface area contributed by atoms with E-state index in [0.717, 1.165) is 11.1 Å². The zero-order valence-electron chi connectivity index (χ0n) is 14.2. The maximum absolute atomic E-state index is 11.8. The SMILES string of the molecule is COc1cc([C@H]2OC(=O)[C@H](C)[C@H]2C)ccc1OCc1ccccc1. The number of rotatable bonds is 5. The van der Waals surface area contributed by atoms with Crippen LogP contribution in [0.25, 0.3) is 0 Å². The maximum atomic E-state index is 11.8. The standard InChI is InChI=1S/C20H22O4/c1-13-14(2)20(21)24-19(13)16-9-10-17(18(11-16)22-3)23-12-15-7-5-4-6-8-15/h4-11,13-14,19H,12H2,1-3H3/t13-,14-,19+/m1/s1. The van der Waals surface area contributed by atoms with Crippen molar-refractivity contribution in [1.82, 2.24) is 0 Å². The summed E-state index contributed by atoms with van der Waals surface area (Å²) in [6.07, 6.45) is -0.232. The lowest BCUT2D eigenvalue weighted by molar-refractivity contribution is -0.144. The first kappa shape index (κ1) is 16.4. The summed E-state index contributed by atoms with van der Waals surface area (Å²) in [5.74, 6) is 1.23. The summed E-state index contributed by atoms with van der Waals surface area (Å²) in [7, 11) is 1.61. The molecule has 0 N–H and O–H groups in total. The van der Waals surface area contributed by atoms with Crippen molar-refractivity contribution in [2.24, 2.45) is 11.8 Å². The van der Waals surface area contributed by atoms with Crippen LogP contribution in [0.4, 0.5) is 0 Å². The van der Waals surface area contributed by atoms with Crippen LogP contribution in [-0.2, 0) is 16.1 Å². The minimum atomic E-state index is -0.232. The number of methoxy groups -OCH3 is 1. The monoisotopic (exact) mass is 326 g/mol. The normalized spacial score (nSPS) is 23.0. The Morgan fingerprint density at radius 3 is 2.42 bits per heavy atom. The Balaban J connectivity index is 1.77. The Hall–Kier alpha value is -2.49. The van der Waals surface area contributed by atoms with E-state index in [0.29, 0.717) is 18.1 Å². The molecular weight excluding hydrogens is 304 g/mol. The minimum absolute atomic E-state index is 0.0880. The Bertz CT molecular complexity index is 711. The van der Waals surface area contributed by atoms with Crippen molar-refractivity contribution < 1.29 is 19.0 Å². The summed E-state index contributed by atoms with van der Waals surface area (Å²) in [5.41, 5.74) is 2.03. The summed E-state index contributed by atoms with van der Waals surface area (Å²) in [4.78, 5) is 11.8. The van der Waals surface area contributed by atoms with Crippen LogP contribution in [0.1, 0.15) is 31.1 Å². The smallest absolute Gasteiger partial charge is 0.309 e. The van der Waals surface area contributed by atoms with Gasteiger partial charge in [0, 0.05) is 5.92 Å². The third-order valence-electron chi connectivity index (χ3n) is 4.63. The molecular formula is C20H22O4. The van der Waals surface area contributed by atoms with Crippen LogP contribution in [0.15, 0.2) is 48.5 Å². The number of benzene rings is 2. The molecule has 2 aromatic rings. The number of esters is 1. The van der Waals surface area contributed by atoms with Crippen LogP contribution < -0.4 is 9.47 Å². The molecule has 0 saturated carbocycles. The molecule has 0 spiro atoms. The lowest BCUT2D eigenvalue weighted by Gasteiger charge is -2.18. The second-order valence-electron chi connectivity index (χ2n) is 6.19. The molecule has 3 rings (SSSR count). The maximum Gasteiger partial charge on any atom is 0.309 e. The topological polar surface area (TPSA) is 44.8 Å². The quantitative estimate of drug-likeness (QED) is 0.775. The largest absolute Gasteiger partial charge is 0.493 e. The number of carbonyl (C=O) groups excluding carboxylic acids is 1. The van der Waals surface area contributed by atoms with Gasteiger partial charge in [-0.05, 0) is 23.3 Å². The van der Waals surface area contributed by atoms with E-state index in [1.807, 2.05) is 62.4 Å². The van der Waals surface area contributed by atoms with Gasteiger partial charge in [0.15, 0.2) is 11.5 Å². The molecule has 0 aromatic heterocycles. The van der Waals surface area contributed by atoms with Crippen LogP contribution in [0.2, 0.25) is 0 Å². The van der Waals surface area contributed by atoms with Crippen molar-refractivity contribution >= 4 is 5.97 Å². The fraction of sp³-hybridized carbons (Fsp3) is 0.350. The molecule has 1 saturated heterocycles. The van der Waals surface area contributed by atoms with E-state index in [1.54, 1.807) is 7.11 Å². The summed E-state index contributed by atoms with van der Waals surface area (Å²) in [6, 6.07) is 15.7. The first-order valence-electron chi connectivity index (χ1n) is 8.15. The zero-order valence-corrected chi connectivity index (χ0v) is 14.2. The average molecular weight is 326 g/mol. The molecule has 1 aliphatic heterocycles. The number of carbonyl (C=O) groups is 1. The number of hydrogen-bond donors (Lipinski definition) is 0. The van der Waals surface area contributed by atoms with Crippen molar-refractivity contribution in [2.75, 3.05) is 7.11 Å². The van der Waals surface area contributed by atoms with Gasteiger partial charge in [0.1, 0.15) is 12.7 Å². The molecule has 0 aliphatic carbocycles. The highest BCUT2D eigenvalue weighted by molar-refractivity contribution is 5.75. The summed E-state index contributed by atoms with van der Waals surface area (Å²) in [5, 5.41) is 0. The number of hydrogen-bond acceptors (Lipinski definition) is 4. The van der Waals surface area contributed by atoms with Gasteiger partial charge >= 0.3 is 5.97 Å². The van der Waals surface area contributed by atoms with E-state index in [9.17, 15) is 4.79 Å². The van der Waals surface area contributed by atoms with E-state index in [-0.39, 0.29) is 23.9 Å². The Labute approximate surface area is 142 Å². The van der Waals surface area contributed by atoms with Gasteiger partial charge in [0.05, 0.1) is 13.0 Å². The first-order chi connectivity index (χ1) is 11.6. The van der Waals surface area contributed by atoms with Crippen molar-refractivity contribution in [2.45, 2.75) is 26.6 Å². The van der Waals surface area contributed by atoms with Crippen LogP contribution in [0.3, 0.4) is 0 Å². The second kappa shape index (κ2) is 6.95. The zero-order chi connectivity index (χ0) is 17.1. The van der Waals surface area contributed by atoms with Gasteiger partial charge in [-0.3, -0.25) is 4.79 Å². The van der Waals surface area contributed by atoms with Crippen molar-refractivity contribution in [3.05, 3.63) is 59.7 Å². The number of cyclic esters (lactones) is 1. The van der Waals surface area contributed by atoms with Gasteiger partial charge in [-0.15, -0.1) is 0 Å². The highest BCUT2D eigenvalue weighted by atomic mass is 16.6. The van der Waals surface area contributed by atoms with Gasteiger partial charge in [0.25, 0.3) is 0 Å². The Kier molecular flexibility index (Phi) is 4.74. The molecule has 1 fully saturated rings. The fourth-order valence-corrected chi connectivity index (χ4v) is 2.90. The van der Waals surface area contributed by atoms with Gasteiger partial charge < -0.3 is 14.2 Å². The number of ether oxygens (including phenoxy) is 3. The third-order valence-corrected chi connectivity index (χ3v) is 4.63. The Morgan fingerprint density at radius 1 is 1.04 bits per heavy atom. The molecule has 0 radical (unpaired) electrons. The fourth-order valence-electron chi connectivity index (χ4n) is 2.90. The molecule has 3 atom stereocenters. The molecule has 1 aliphatic rings. The van der Waals surface area contributed by atoms with Gasteiger partial charge in [-0.25, -0.2) is 0 Å². The second-order valence-corrected chi connectivity index (χ2v) is 6.19. The molecule has 2 aromatic carbocycles. The van der Waals surface area contributed by atoms with E-state index >= 15 is 0 Å². The molecule has 4 nitrogen and oxygen atoms in total. The summed E-state index contributed by atoms with van der Waals surface area (Å²) >= 11 is 0. The molecule has 24 heavy (non-hydrogen) atoms. The predicted molar refractivity (Wildman–Crippen MR) is 90.9 cm³/mol. The lowest BCUT2D eigenvalue weighted by atomic mass is 9.90. The highest BCUT2D eigenvalue weighted by Gasteiger charge is 2.39. The van der Waals surface area contributed by atoms with Crippen LogP contribution >= 0.6 is 0 Å². The summed E-state index contributed by atoms with van der Waals surface area (Å²) < 4.78 is 16.8. The van der Waals surface area contributed by atoms with Crippen molar-refractivity contribution in [1.29, 1.82) is 0 Å².